The van der Waals surface area contributed by atoms with Crippen LogP contribution >= 0.6 is 0 Å². The molecule has 3 saturated heterocycles. The van der Waals surface area contributed by atoms with Crippen LogP contribution in [0.1, 0.15) is 30.4 Å². The Hall–Kier alpha value is -2.45. The van der Waals surface area contributed by atoms with Crippen molar-refractivity contribution in [2.45, 2.75) is 50.9 Å². The summed E-state index contributed by atoms with van der Waals surface area (Å²) in [5.74, 6) is -2.04. The number of carbonyl (C=O) groups excluding carboxylic acids is 3. The van der Waals surface area contributed by atoms with Crippen molar-refractivity contribution < 1.29 is 24.2 Å². The van der Waals surface area contributed by atoms with Gasteiger partial charge >= 0.3 is 0 Å². The molecule has 8 heteroatoms. The van der Waals surface area contributed by atoms with Gasteiger partial charge in [-0.25, -0.2) is 0 Å². The molecule has 0 aliphatic carbocycles. The first-order chi connectivity index (χ1) is 14.3. The van der Waals surface area contributed by atoms with Gasteiger partial charge in [-0.15, -0.1) is 0 Å². The number of rotatable bonds is 6. The van der Waals surface area contributed by atoms with E-state index < -0.39 is 23.5 Å². The Morgan fingerprint density at radius 3 is 2.77 bits per heavy atom. The van der Waals surface area contributed by atoms with Crippen molar-refractivity contribution in [1.82, 2.24) is 10.2 Å². The van der Waals surface area contributed by atoms with Crippen LogP contribution in [0, 0.1) is 25.7 Å². The van der Waals surface area contributed by atoms with Crippen molar-refractivity contribution in [2.75, 3.05) is 25.5 Å². The summed E-state index contributed by atoms with van der Waals surface area (Å²) < 4.78 is 6.28. The molecule has 1 aromatic carbocycles. The molecule has 4 rings (SSSR count). The molecular formula is C22H29N3O5. The molecule has 3 aliphatic rings. The lowest BCUT2D eigenvalue weighted by Crippen LogP contribution is -2.53. The average molecular weight is 415 g/mol. The Bertz CT molecular complexity index is 888. The highest BCUT2D eigenvalue weighted by atomic mass is 16.5. The summed E-state index contributed by atoms with van der Waals surface area (Å²) in [5.41, 5.74) is 1.64. The molecule has 3 aliphatic heterocycles. The number of amides is 3. The lowest BCUT2D eigenvalue weighted by atomic mass is 9.70. The van der Waals surface area contributed by atoms with Gasteiger partial charge in [-0.05, 0) is 50.3 Å². The molecule has 2 unspecified atom stereocenters. The van der Waals surface area contributed by atoms with E-state index in [4.69, 9.17) is 4.74 Å². The second kappa shape index (κ2) is 7.67. The summed E-state index contributed by atoms with van der Waals surface area (Å²) >= 11 is 0. The molecule has 2 bridgehead atoms. The van der Waals surface area contributed by atoms with Crippen LogP contribution in [0.5, 0.6) is 0 Å². The standard InChI is InChI=1S/C22H29N3O5/c1-12-5-6-13(2)14(11-12)24-20(28)18-22-8-7-15(30-22)16(19(27)23-3)17(22)21(29)25(18)9-4-10-26/h5-6,11,15-18,26H,4,7-10H2,1-3H3,(H,23,27)(H,24,28)/t15-,16+,17-,18?,22?/m0/s1. The second-order valence-electron chi connectivity index (χ2n) is 8.59. The summed E-state index contributed by atoms with van der Waals surface area (Å²) in [6, 6.07) is 4.98. The number of likely N-dealkylation sites (tertiary alicyclic amines) is 1. The summed E-state index contributed by atoms with van der Waals surface area (Å²) in [6.45, 7) is 4.02. The third kappa shape index (κ3) is 3.01. The maximum Gasteiger partial charge on any atom is 0.250 e. The van der Waals surface area contributed by atoms with E-state index in [9.17, 15) is 19.5 Å². The number of aliphatic hydroxyl groups excluding tert-OH is 1. The molecular weight excluding hydrogens is 386 g/mol. The van der Waals surface area contributed by atoms with E-state index in [1.54, 1.807) is 7.05 Å². The number of benzene rings is 1. The number of hydrogen-bond donors (Lipinski definition) is 3. The highest BCUT2D eigenvalue weighted by Crippen LogP contribution is 2.58. The number of ether oxygens (including phenoxy) is 1. The number of carbonyl (C=O) groups is 3. The molecule has 3 N–H and O–H groups in total. The summed E-state index contributed by atoms with van der Waals surface area (Å²) in [5, 5.41) is 15.0. The van der Waals surface area contributed by atoms with Gasteiger partial charge in [0.05, 0.1) is 17.9 Å². The van der Waals surface area contributed by atoms with E-state index in [2.05, 4.69) is 10.6 Å². The largest absolute Gasteiger partial charge is 0.396 e. The van der Waals surface area contributed by atoms with Crippen molar-refractivity contribution in [2.24, 2.45) is 11.8 Å². The first-order valence-corrected chi connectivity index (χ1v) is 10.5. The van der Waals surface area contributed by atoms with E-state index in [-0.39, 0.29) is 37.0 Å². The molecule has 3 amide bonds. The fourth-order valence-electron chi connectivity index (χ4n) is 5.47. The first-order valence-electron chi connectivity index (χ1n) is 10.5. The number of aliphatic hydroxyl groups is 1. The third-order valence-corrected chi connectivity index (χ3v) is 6.81. The van der Waals surface area contributed by atoms with Crippen LogP contribution in [0.3, 0.4) is 0 Å². The fraction of sp³-hybridized carbons (Fsp3) is 0.591. The number of aryl methyl sites for hydroxylation is 2. The topological polar surface area (TPSA) is 108 Å². The van der Waals surface area contributed by atoms with E-state index >= 15 is 0 Å². The van der Waals surface area contributed by atoms with Crippen molar-refractivity contribution in [3.63, 3.8) is 0 Å². The lowest BCUT2D eigenvalue weighted by molar-refractivity contribution is -0.140. The summed E-state index contributed by atoms with van der Waals surface area (Å²) in [7, 11) is 1.55. The quantitative estimate of drug-likeness (QED) is 0.635. The maximum atomic E-state index is 13.5. The van der Waals surface area contributed by atoms with Crippen LogP contribution in [0.4, 0.5) is 5.69 Å². The number of anilines is 1. The van der Waals surface area contributed by atoms with Gasteiger partial charge in [0.2, 0.25) is 17.7 Å². The van der Waals surface area contributed by atoms with Gasteiger partial charge in [-0.2, -0.15) is 0 Å². The zero-order valence-corrected chi connectivity index (χ0v) is 17.6. The highest BCUT2D eigenvalue weighted by Gasteiger charge is 2.74. The highest BCUT2D eigenvalue weighted by molar-refractivity contribution is 6.03. The van der Waals surface area contributed by atoms with Gasteiger partial charge in [0.1, 0.15) is 11.6 Å². The van der Waals surface area contributed by atoms with Crippen LogP contribution in [0.2, 0.25) is 0 Å². The van der Waals surface area contributed by atoms with Crippen molar-refractivity contribution in [3.05, 3.63) is 29.3 Å². The Morgan fingerprint density at radius 2 is 2.07 bits per heavy atom. The van der Waals surface area contributed by atoms with Crippen LogP contribution in [-0.2, 0) is 19.1 Å². The van der Waals surface area contributed by atoms with Crippen LogP contribution in [0.25, 0.3) is 0 Å². The molecule has 3 fully saturated rings. The van der Waals surface area contributed by atoms with Crippen molar-refractivity contribution >= 4 is 23.4 Å². The van der Waals surface area contributed by atoms with Gasteiger partial charge < -0.3 is 25.4 Å². The lowest BCUT2D eigenvalue weighted by Gasteiger charge is -2.33. The number of nitrogens with one attached hydrogen (secondary N) is 2. The molecule has 162 valence electrons. The van der Waals surface area contributed by atoms with Crippen LogP contribution in [-0.4, -0.2) is 65.7 Å². The predicted octanol–water partition coefficient (Wildman–Crippen LogP) is 0.745. The number of hydrogen-bond acceptors (Lipinski definition) is 5. The minimum atomic E-state index is -1.00. The molecule has 5 atom stereocenters. The SMILES string of the molecule is CNC(=O)[C@@H]1[C@@H]2CCC3(O2)C(C(=O)Nc2cc(C)ccc2C)N(CCCO)C(=O)[C@H]13. The zero-order valence-electron chi connectivity index (χ0n) is 17.6. The van der Waals surface area contributed by atoms with E-state index in [1.807, 2.05) is 32.0 Å². The maximum absolute atomic E-state index is 13.5. The first kappa shape index (κ1) is 20.8. The average Bonchev–Trinajstić information content (AvgIpc) is 3.36. The minimum absolute atomic E-state index is 0.0882. The Kier molecular flexibility index (Phi) is 5.32. The molecule has 1 spiro atoms. The van der Waals surface area contributed by atoms with E-state index in [0.717, 1.165) is 11.1 Å². The normalized spacial score (nSPS) is 31.7. The van der Waals surface area contributed by atoms with Gasteiger partial charge in [0, 0.05) is 25.9 Å². The third-order valence-electron chi connectivity index (χ3n) is 6.81. The second-order valence-corrected chi connectivity index (χ2v) is 8.59. The van der Waals surface area contributed by atoms with Gasteiger partial charge in [-0.3, -0.25) is 14.4 Å². The number of nitrogens with zero attached hydrogens (tertiary/aromatic N) is 1. The fourth-order valence-corrected chi connectivity index (χ4v) is 5.47. The zero-order chi connectivity index (χ0) is 21.6. The Labute approximate surface area is 176 Å². The Balaban J connectivity index is 1.70. The van der Waals surface area contributed by atoms with E-state index in [0.29, 0.717) is 24.9 Å². The minimum Gasteiger partial charge on any atom is -0.396 e. The molecule has 0 saturated carbocycles. The molecule has 8 nitrogen and oxygen atoms in total. The van der Waals surface area contributed by atoms with Gasteiger partial charge in [0.15, 0.2) is 0 Å². The summed E-state index contributed by atoms with van der Waals surface area (Å²) in [6.07, 6.45) is 1.20. The van der Waals surface area contributed by atoms with Crippen molar-refractivity contribution in [3.8, 4) is 0 Å². The van der Waals surface area contributed by atoms with Crippen LogP contribution < -0.4 is 10.6 Å². The molecule has 30 heavy (non-hydrogen) atoms. The molecule has 0 aromatic heterocycles. The van der Waals surface area contributed by atoms with Gasteiger partial charge in [0.25, 0.3) is 0 Å². The van der Waals surface area contributed by atoms with Crippen LogP contribution in [0.15, 0.2) is 18.2 Å². The molecule has 1 aromatic rings. The molecule has 0 radical (unpaired) electrons. The smallest absolute Gasteiger partial charge is 0.250 e. The predicted molar refractivity (Wildman–Crippen MR) is 110 cm³/mol. The molecule has 3 heterocycles. The summed E-state index contributed by atoms with van der Waals surface area (Å²) in [4.78, 5) is 41.0. The van der Waals surface area contributed by atoms with Crippen molar-refractivity contribution in [1.29, 1.82) is 0 Å². The Morgan fingerprint density at radius 1 is 1.30 bits per heavy atom. The number of fused-ring (bicyclic) bond motifs is 1. The van der Waals surface area contributed by atoms with E-state index in [1.165, 1.54) is 4.90 Å². The monoisotopic (exact) mass is 415 g/mol. The van der Waals surface area contributed by atoms with Gasteiger partial charge in [-0.1, -0.05) is 12.1 Å².